The van der Waals surface area contributed by atoms with Gasteiger partial charge in [-0.3, -0.25) is 4.79 Å². The van der Waals surface area contributed by atoms with Crippen molar-refractivity contribution in [1.29, 1.82) is 0 Å². The van der Waals surface area contributed by atoms with Gasteiger partial charge >= 0.3 is 24.1 Å². The molecule has 1 heterocycles. The number of alkyl carbamates (subject to hydrolysis) is 1. The number of amides is 5. The maximum atomic E-state index is 12.2. The lowest BCUT2D eigenvalue weighted by molar-refractivity contribution is -0.135. The molecule has 0 aromatic heterocycles. The SMILES string of the molecule is CC(C)(C)OC(=O)NCCS(=O)(=O)N1CCN(C(=O)NCC(=O)O)C1=O. The number of carboxylic acid groups (broad SMARTS) is 1. The number of carbonyl (C=O) groups excluding carboxylic acids is 3. The number of aliphatic carboxylic acids is 1. The maximum Gasteiger partial charge on any atom is 0.407 e. The van der Waals surface area contributed by atoms with Crippen LogP contribution in [0.4, 0.5) is 14.4 Å². The van der Waals surface area contributed by atoms with E-state index in [9.17, 15) is 27.6 Å². The van der Waals surface area contributed by atoms with Crippen LogP contribution in [0, 0.1) is 0 Å². The first kappa shape index (κ1) is 21.5. The molecule has 148 valence electrons. The van der Waals surface area contributed by atoms with Gasteiger partial charge in [-0.25, -0.2) is 32.0 Å². The van der Waals surface area contributed by atoms with E-state index in [0.717, 1.165) is 0 Å². The predicted molar refractivity (Wildman–Crippen MR) is 87.9 cm³/mol. The molecule has 3 N–H and O–H groups in total. The molecule has 1 aliphatic heterocycles. The van der Waals surface area contributed by atoms with Gasteiger partial charge in [0.15, 0.2) is 0 Å². The topological polar surface area (TPSA) is 162 Å². The summed E-state index contributed by atoms with van der Waals surface area (Å²) < 4.78 is 29.9. The fourth-order valence-electron chi connectivity index (χ4n) is 1.92. The van der Waals surface area contributed by atoms with Crippen molar-refractivity contribution >= 4 is 34.1 Å². The molecule has 0 aromatic carbocycles. The number of ether oxygens (including phenoxy) is 1. The molecule has 12 nitrogen and oxygen atoms in total. The van der Waals surface area contributed by atoms with Crippen LogP contribution in [-0.4, -0.2) is 84.4 Å². The molecule has 1 aliphatic rings. The zero-order chi connectivity index (χ0) is 20.1. The normalized spacial score (nSPS) is 15.0. The zero-order valence-electron chi connectivity index (χ0n) is 14.6. The molecule has 13 heteroatoms. The van der Waals surface area contributed by atoms with Crippen LogP contribution in [0.3, 0.4) is 0 Å². The third-order valence-electron chi connectivity index (χ3n) is 2.97. The summed E-state index contributed by atoms with van der Waals surface area (Å²) in [5.41, 5.74) is -0.738. The van der Waals surface area contributed by atoms with E-state index in [1.54, 1.807) is 20.8 Å². The van der Waals surface area contributed by atoms with Crippen LogP contribution >= 0.6 is 0 Å². The van der Waals surface area contributed by atoms with Crippen LogP contribution in [-0.2, 0) is 19.6 Å². The standard InChI is InChI=1S/C13H22N4O8S/c1-13(2,3)25-11(21)14-4-7-26(23,24)17-6-5-16(12(17)22)10(20)15-8-9(18)19/h4-8H2,1-3H3,(H,14,21)(H,15,20)(H,18,19). The van der Waals surface area contributed by atoms with Gasteiger partial charge in [-0.2, -0.15) is 0 Å². The number of hydrogen-bond acceptors (Lipinski definition) is 7. The number of rotatable bonds is 6. The second-order valence-corrected chi connectivity index (χ2v) is 8.32. The number of nitrogens with zero attached hydrogens (tertiary/aromatic N) is 2. The van der Waals surface area contributed by atoms with Crippen molar-refractivity contribution in [3.63, 3.8) is 0 Å². The highest BCUT2D eigenvalue weighted by Crippen LogP contribution is 2.14. The van der Waals surface area contributed by atoms with Crippen LogP contribution in [0.25, 0.3) is 0 Å². The highest BCUT2D eigenvalue weighted by Gasteiger charge is 2.39. The summed E-state index contributed by atoms with van der Waals surface area (Å²) in [5.74, 6) is -1.87. The summed E-state index contributed by atoms with van der Waals surface area (Å²) in [6.45, 7) is 3.50. The highest BCUT2D eigenvalue weighted by atomic mass is 32.2. The molecule has 0 spiro atoms. The van der Waals surface area contributed by atoms with Crippen LogP contribution in [0.1, 0.15) is 20.8 Å². The quantitative estimate of drug-likeness (QED) is 0.536. The molecule has 0 atom stereocenters. The van der Waals surface area contributed by atoms with Crippen molar-refractivity contribution in [3.8, 4) is 0 Å². The number of sulfonamides is 1. The number of carbonyl (C=O) groups is 4. The maximum absolute atomic E-state index is 12.2. The molecule has 0 radical (unpaired) electrons. The average molecular weight is 394 g/mol. The Hall–Kier alpha value is -2.57. The van der Waals surface area contributed by atoms with E-state index in [-0.39, 0.29) is 19.6 Å². The van der Waals surface area contributed by atoms with Crippen molar-refractivity contribution in [2.45, 2.75) is 26.4 Å². The largest absolute Gasteiger partial charge is 0.480 e. The van der Waals surface area contributed by atoms with Gasteiger partial charge in [-0.1, -0.05) is 0 Å². The van der Waals surface area contributed by atoms with Crippen molar-refractivity contribution in [3.05, 3.63) is 0 Å². The fourth-order valence-corrected chi connectivity index (χ4v) is 3.19. The van der Waals surface area contributed by atoms with Gasteiger partial charge in [0.25, 0.3) is 0 Å². The predicted octanol–water partition coefficient (Wildman–Crippen LogP) is -0.627. The fraction of sp³-hybridized carbons (Fsp3) is 0.692. The Morgan fingerprint density at radius 1 is 1.19 bits per heavy atom. The Labute approximate surface area is 150 Å². The first-order chi connectivity index (χ1) is 11.8. The monoisotopic (exact) mass is 394 g/mol. The summed E-state index contributed by atoms with van der Waals surface area (Å²) in [6, 6.07) is -2.08. The summed E-state index contributed by atoms with van der Waals surface area (Å²) in [4.78, 5) is 46.3. The van der Waals surface area contributed by atoms with Crippen LogP contribution in [0.5, 0.6) is 0 Å². The summed E-state index contributed by atoms with van der Waals surface area (Å²) in [6.07, 6.45) is -0.796. The van der Waals surface area contributed by atoms with Crippen LogP contribution < -0.4 is 10.6 Å². The van der Waals surface area contributed by atoms with Crippen molar-refractivity contribution in [2.75, 3.05) is 31.9 Å². The van der Waals surface area contributed by atoms with Crippen molar-refractivity contribution < 1.29 is 37.4 Å². The molecule has 0 unspecified atom stereocenters. The first-order valence-electron chi connectivity index (χ1n) is 7.62. The minimum absolute atomic E-state index is 0.205. The molecule has 1 rings (SSSR count). The summed E-state index contributed by atoms with van der Waals surface area (Å²) >= 11 is 0. The summed E-state index contributed by atoms with van der Waals surface area (Å²) in [5, 5.41) is 12.7. The van der Waals surface area contributed by atoms with Gasteiger partial charge in [-0.15, -0.1) is 0 Å². The van der Waals surface area contributed by atoms with E-state index < -0.39 is 52.0 Å². The third kappa shape index (κ3) is 6.38. The number of imide groups is 1. The van der Waals surface area contributed by atoms with Gasteiger partial charge in [0.2, 0.25) is 10.0 Å². The number of nitrogens with one attached hydrogen (secondary N) is 2. The Kier molecular flexibility index (Phi) is 6.78. The molecular weight excluding hydrogens is 372 g/mol. The van der Waals surface area contributed by atoms with Gasteiger partial charge in [0, 0.05) is 6.54 Å². The average Bonchev–Trinajstić information content (AvgIpc) is 2.85. The molecule has 1 saturated heterocycles. The van der Waals surface area contributed by atoms with E-state index in [4.69, 9.17) is 9.84 Å². The number of hydrogen-bond donors (Lipinski definition) is 3. The second kappa shape index (κ2) is 8.21. The first-order valence-corrected chi connectivity index (χ1v) is 9.23. The van der Waals surface area contributed by atoms with E-state index in [1.807, 2.05) is 5.32 Å². The molecule has 26 heavy (non-hydrogen) atoms. The van der Waals surface area contributed by atoms with Gasteiger partial charge in [-0.05, 0) is 20.8 Å². The second-order valence-electron chi connectivity index (χ2n) is 6.30. The lowest BCUT2D eigenvalue weighted by atomic mass is 10.2. The van der Waals surface area contributed by atoms with Crippen LogP contribution in [0.15, 0.2) is 0 Å². The van der Waals surface area contributed by atoms with Crippen molar-refractivity contribution in [1.82, 2.24) is 19.8 Å². The minimum atomic E-state index is -4.07. The Morgan fingerprint density at radius 2 is 1.81 bits per heavy atom. The Bertz CT molecular complexity index is 685. The van der Waals surface area contributed by atoms with E-state index in [2.05, 4.69) is 5.32 Å². The molecular formula is C13H22N4O8S. The van der Waals surface area contributed by atoms with Crippen LogP contribution in [0.2, 0.25) is 0 Å². The smallest absolute Gasteiger partial charge is 0.407 e. The van der Waals surface area contributed by atoms with Crippen molar-refractivity contribution in [2.24, 2.45) is 0 Å². The third-order valence-corrected chi connectivity index (χ3v) is 4.70. The lowest BCUT2D eigenvalue weighted by Crippen LogP contribution is -2.46. The van der Waals surface area contributed by atoms with E-state index in [0.29, 0.717) is 9.21 Å². The molecule has 0 bridgehead atoms. The summed E-state index contributed by atoms with van der Waals surface area (Å²) in [7, 11) is -4.07. The molecule has 5 amide bonds. The molecule has 0 aliphatic carbocycles. The Morgan fingerprint density at radius 3 is 2.35 bits per heavy atom. The molecule has 0 aromatic rings. The van der Waals surface area contributed by atoms with E-state index >= 15 is 0 Å². The van der Waals surface area contributed by atoms with Gasteiger partial charge in [0.05, 0.1) is 18.8 Å². The van der Waals surface area contributed by atoms with Gasteiger partial charge in [0.1, 0.15) is 12.1 Å². The number of urea groups is 2. The minimum Gasteiger partial charge on any atom is -0.480 e. The molecule has 1 fully saturated rings. The van der Waals surface area contributed by atoms with E-state index in [1.165, 1.54) is 0 Å². The number of carboxylic acids is 1. The Balaban J connectivity index is 2.57. The zero-order valence-corrected chi connectivity index (χ0v) is 15.5. The van der Waals surface area contributed by atoms with Gasteiger partial charge < -0.3 is 20.5 Å². The lowest BCUT2D eigenvalue weighted by Gasteiger charge is -2.20. The molecule has 0 saturated carbocycles. The highest BCUT2D eigenvalue weighted by molar-refractivity contribution is 7.89.